The Morgan fingerprint density at radius 3 is 2.85 bits per heavy atom. The third-order valence-corrected chi connectivity index (χ3v) is 6.01. The van der Waals surface area contributed by atoms with Crippen LogP contribution in [0.5, 0.6) is 0 Å². The maximum atomic E-state index is 13.8. The zero-order valence-corrected chi connectivity index (χ0v) is 14.9. The summed E-state index contributed by atoms with van der Waals surface area (Å²) in [5.74, 6) is -0.447. The molecule has 4 rings (SSSR count). The standard InChI is InChI=1S/C18H23FN6O/c1-20-17(26)15-12-25(23-22-15)16-2-4-18(16)5-8-24(9-6-18)11-13-3-7-21-10-14(13)19/h3,7,10,12,16H,2,4-6,8-9,11H2,1H3,(H,20,26). The van der Waals surface area contributed by atoms with Crippen LogP contribution < -0.4 is 5.32 Å². The molecule has 0 bridgehead atoms. The van der Waals surface area contributed by atoms with E-state index in [0.717, 1.165) is 32.4 Å². The molecule has 1 amide bonds. The van der Waals surface area contributed by atoms with E-state index < -0.39 is 0 Å². The summed E-state index contributed by atoms with van der Waals surface area (Å²) in [6.45, 7) is 2.50. The lowest BCUT2D eigenvalue weighted by atomic mass is 9.59. The van der Waals surface area contributed by atoms with Crippen LogP contribution in [0.15, 0.2) is 24.7 Å². The molecule has 2 aromatic rings. The Labute approximate surface area is 151 Å². The quantitative estimate of drug-likeness (QED) is 0.902. The van der Waals surface area contributed by atoms with Gasteiger partial charge in [-0.25, -0.2) is 9.07 Å². The molecule has 1 spiro atoms. The predicted octanol–water partition coefficient (Wildman–Crippen LogP) is 1.79. The molecule has 1 aliphatic carbocycles. The van der Waals surface area contributed by atoms with Gasteiger partial charge in [0.15, 0.2) is 5.69 Å². The maximum Gasteiger partial charge on any atom is 0.273 e. The van der Waals surface area contributed by atoms with Gasteiger partial charge in [-0.1, -0.05) is 5.21 Å². The molecule has 138 valence electrons. The van der Waals surface area contributed by atoms with Crippen LogP contribution in [0.2, 0.25) is 0 Å². The molecule has 1 aliphatic heterocycles. The summed E-state index contributed by atoms with van der Waals surface area (Å²) in [7, 11) is 1.59. The minimum absolute atomic E-state index is 0.209. The second-order valence-electron chi connectivity index (χ2n) is 7.32. The molecule has 3 heterocycles. The van der Waals surface area contributed by atoms with Crippen molar-refractivity contribution in [1.82, 2.24) is 30.2 Å². The molecule has 0 radical (unpaired) electrons. The van der Waals surface area contributed by atoms with Crippen LogP contribution in [0.1, 0.15) is 47.8 Å². The summed E-state index contributed by atoms with van der Waals surface area (Å²) < 4.78 is 15.7. The van der Waals surface area contributed by atoms with Crippen LogP contribution in [0.4, 0.5) is 4.39 Å². The van der Waals surface area contributed by atoms with Crippen LogP contribution >= 0.6 is 0 Å². The number of pyridine rings is 1. The van der Waals surface area contributed by atoms with E-state index >= 15 is 0 Å². The van der Waals surface area contributed by atoms with Crippen molar-refractivity contribution in [1.29, 1.82) is 0 Å². The number of hydrogen-bond donors (Lipinski definition) is 1. The predicted molar refractivity (Wildman–Crippen MR) is 92.8 cm³/mol. The van der Waals surface area contributed by atoms with Crippen molar-refractivity contribution in [3.05, 3.63) is 41.7 Å². The molecular formula is C18H23FN6O. The molecule has 2 fully saturated rings. The molecule has 1 saturated heterocycles. The number of nitrogens with one attached hydrogen (secondary N) is 1. The number of rotatable bonds is 4. The smallest absolute Gasteiger partial charge is 0.273 e. The number of carbonyl (C=O) groups excluding carboxylic acids is 1. The van der Waals surface area contributed by atoms with Gasteiger partial charge in [0.1, 0.15) is 5.82 Å². The second kappa shape index (κ2) is 6.75. The van der Waals surface area contributed by atoms with E-state index in [-0.39, 0.29) is 17.1 Å². The van der Waals surface area contributed by atoms with Gasteiger partial charge in [-0.2, -0.15) is 0 Å². The van der Waals surface area contributed by atoms with E-state index in [9.17, 15) is 9.18 Å². The number of amides is 1. The topological polar surface area (TPSA) is 75.9 Å². The highest BCUT2D eigenvalue weighted by atomic mass is 19.1. The minimum atomic E-state index is -0.237. The highest BCUT2D eigenvalue weighted by molar-refractivity contribution is 5.91. The van der Waals surface area contributed by atoms with E-state index in [1.54, 1.807) is 25.5 Å². The average Bonchev–Trinajstić information content (AvgIpc) is 3.12. The van der Waals surface area contributed by atoms with Gasteiger partial charge in [0, 0.05) is 25.4 Å². The number of nitrogens with zero attached hydrogens (tertiary/aromatic N) is 5. The first-order chi connectivity index (χ1) is 12.6. The molecule has 1 atom stereocenters. The van der Waals surface area contributed by atoms with Gasteiger partial charge in [-0.15, -0.1) is 5.10 Å². The van der Waals surface area contributed by atoms with Crippen molar-refractivity contribution in [3.8, 4) is 0 Å². The van der Waals surface area contributed by atoms with Crippen LogP contribution in [0.3, 0.4) is 0 Å². The number of hydrogen-bond acceptors (Lipinski definition) is 5. The maximum absolute atomic E-state index is 13.8. The van der Waals surface area contributed by atoms with Crippen LogP contribution in [0.25, 0.3) is 0 Å². The molecule has 0 aromatic carbocycles. The second-order valence-corrected chi connectivity index (χ2v) is 7.32. The van der Waals surface area contributed by atoms with Crippen molar-refractivity contribution in [2.75, 3.05) is 20.1 Å². The van der Waals surface area contributed by atoms with Crippen LogP contribution in [-0.2, 0) is 6.54 Å². The highest BCUT2D eigenvalue weighted by Crippen LogP contribution is 2.56. The van der Waals surface area contributed by atoms with Gasteiger partial charge in [-0.05, 0) is 50.3 Å². The van der Waals surface area contributed by atoms with Gasteiger partial charge in [0.2, 0.25) is 0 Å². The summed E-state index contributed by atoms with van der Waals surface area (Å²) in [6, 6.07) is 2.05. The molecule has 26 heavy (non-hydrogen) atoms. The fourth-order valence-electron chi connectivity index (χ4n) is 4.27. The van der Waals surface area contributed by atoms with Gasteiger partial charge in [0.05, 0.1) is 18.4 Å². The molecule has 7 nitrogen and oxygen atoms in total. The molecule has 1 unspecified atom stereocenters. The van der Waals surface area contributed by atoms with Gasteiger partial charge < -0.3 is 5.32 Å². The van der Waals surface area contributed by atoms with Crippen molar-refractivity contribution in [3.63, 3.8) is 0 Å². The van der Waals surface area contributed by atoms with Crippen LogP contribution in [0, 0.1) is 11.2 Å². The van der Waals surface area contributed by atoms with Crippen molar-refractivity contribution >= 4 is 5.91 Å². The molecule has 8 heteroatoms. The first-order valence-corrected chi connectivity index (χ1v) is 9.06. The van der Waals surface area contributed by atoms with E-state index in [0.29, 0.717) is 23.8 Å². The van der Waals surface area contributed by atoms with E-state index in [1.165, 1.54) is 12.6 Å². The summed E-state index contributed by atoms with van der Waals surface area (Å²) in [5.41, 5.74) is 1.29. The summed E-state index contributed by atoms with van der Waals surface area (Å²) in [4.78, 5) is 17.8. The van der Waals surface area contributed by atoms with Crippen molar-refractivity contribution in [2.24, 2.45) is 5.41 Å². The normalized spacial score (nSPS) is 22.2. The van der Waals surface area contributed by atoms with Crippen molar-refractivity contribution < 1.29 is 9.18 Å². The number of halogens is 1. The lowest BCUT2D eigenvalue weighted by Gasteiger charge is -2.53. The monoisotopic (exact) mass is 358 g/mol. The fourth-order valence-corrected chi connectivity index (χ4v) is 4.27. The average molecular weight is 358 g/mol. The third kappa shape index (κ3) is 2.98. The molecule has 2 aliphatic rings. The largest absolute Gasteiger partial charge is 0.354 e. The molecule has 1 N–H and O–H groups in total. The summed E-state index contributed by atoms with van der Waals surface area (Å²) in [6.07, 6.45) is 9.01. The number of piperidine rings is 1. The third-order valence-electron chi connectivity index (χ3n) is 6.01. The Kier molecular flexibility index (Phi) is 4.44. The van der Waals surface area contributed by atoms with E-state index in [1.807, 2.05) is 4.68 Å². The zero-order chi connectivity index (χ0) is 18.1. The Morgan fingerprint density at radius 2 is 2.19 bits per heavy atom. The lowest BCUT2D eigenvalue weighted by Crippen LogP contribution is -2.49. The minimum Gasteiger partial charge on any atom is -0.354 e. The van der Waals surface area contributed by atoms with Crippen LogP contribution in [-0.4, -0.2) is 50.9 Å². The zero-order valence-electron chi connectivity index (χ0n) is 14.9. The molecule has 2 aromatic heterocycles. The SMILES string of the molecule is CNC(=O)c1cn(C2CCC23CCN(Cc2ccncc2F)CC3)nn1. The Hall–Kier alpha value is -2.35. The fraction of sp³-hybridized carbons (Fsp3) is 0.556. The summed E-state index contributed by atoms with van der Waals surface area (Å²) in [5, 5.41) is 10.8. The molecular weight excluding hydrogens is 335 g/mol. The van der Waals surface area contributed by atoms with Gasteiger partial charge in [-0.3, -0.25) is 14.7 Å². The van der Waals surface area contributed by atoms with E-state index in [4.69, 9.17) is 0 Å². The summed E-state index contributed by atoms with van der Waals surface area (Å²) >= 11 is 0. The number of aromatic nitrogens is 4. The first-order valence-electron chi connectivity index (χ1n) is 9.06. The number of carbonyl (C=O) groups is 1. The Morgan fingerprint density at radius 1 is 1.38 bits per heavy atom. The lowest BCUT2D eigenvalue weighted by molar-refractivity contribution is -0.0335. The highest BCUT2D eigenvalue weighted by Gasteiger charge is 2.49. The molecule has 1 saturated carbocycles. The van der Waals surface area contributed by atoms with Gasteiger partial charge >= 0.3 is 0 Å². The Bertz CT molecular complexity index is 798. The van der Waals surface area contributed by atoms with Crippen molar-refractivity contribution in [2.45, 2.75) is 38.3 Å². The van der Waals surface area contributed by atoms with E-state index in [2.05, 4.69) is 25.5 Å². The Balaban J connectivity index is 1.40. The first kappa shape index (κ1) is 17.1. The van der Waals surface area contributed by atoms with Gasteiger partial charge in [0.25, 0.3) is 5.91 Å². The number of likely N-dealkylation sites (tertiary alicyclic amines) is 1.